The molecule has 8 nitrogen and oxygen atoms in total. The van der Waals surface area contributed by atoms with Crippen LogP contribution in [0.25, 0.3) is 0 Å². The lowest BCUT2D eigenvalue weighted by Gasteiger charge is -2.26. The second kappa shape index (κ2) is 22.4. The number of hydrogen-bond acceptors (Lipinski definition) is 4. The van der Waals surface area contributed by atoms with Gasteiger partial charge in [-0.05, 0) is 38.5 Å². The quantitative estimate of drug-likeness (QED) is 0.275. The maximum absolute atomic E-state index is 11.0. The summed E-state index contributed by atoms with van der Waals surface area (Å²) in [4.78, 5) is 41.1. The first-order valence-corrected chi connectivity index (χ1v) is 9.00. The monoisotopic (exact) mass is 404 g/mol. The van der Waals surface area contributed by atoms with Crippen molar-refractivity contribution in [2.45, 2.75) is 71.6 Å². The number of rotatable bonds is 12. The van der Waals surface area contributed by atoms with Crippen molar-refractivity contribution >= 4 is 23.9 Å². The average molecular weight is 405 g/mol. The molecule has 0 bridgehead atoms. The van der Waals surface area contributed by atoms with Gasteiger partial charge in [0.2, 0.25) is 0 Å². The molecule has 0 atom stereocenters. The van der Waals surface area contributed by atoms with Gasteiger partial charge in [-0.25, -0.2) is 0 Å². The smallest absolute Gasteiger partial charge is 0.309 e. The number of carboxylic acids is 4. The van der Waals surface area contributed by atoms with Gasteiger partial charge in [-0.15, -0.1) is 26.3 Å². The molecule has 0 aromatic rings. The Morgan fingerprint density at radius 1 is 0.643 bits per heavy atom. The molecule has 0 spiro atoms. The Balaban J connectivity index is -0.000000181. The molecular formula is C20H36O8. The molecule has 0 rings (SSSR count). The van der Waals surface area contributed by atoms with E-state index in [1.807, 2.05) is 13.8 Å². The Kier molecular flexibility index (Phi) is 26.4. The SMILES string of the molecule is C=C.C=C.CCC(CC)(CCCC(=O)O)C(=O)O.O=C(O)CCCCC(=O)O. The molecule has 0 aliphatic rings. The zero-order valence-electron chi connectivity index (χ0n) is 17.1. The van der Waals surface area contributed by atoms with E-state index < -0.39 is 29.3 Å². The zero-order valence-corrected chi connectivity index (χ0v) is 17.1. The first-order valence-electron chi connectivity index (χ1n) is 9.00. The molecule has 0 amide bonds. The number of hydrogen-bond donors (Lipinski definition) is 4. The third-order valence-electron chi connectivity index (χ3n) is 3.88. The van der Waals surface area contributed by atoms with Gasteiger partial charge >= 0.3 is 23.9 Å². The minimum atomic E-state index is -0.870. The lowest BCUT2D eigenvalue weighted by atomic mass is 9.78. The number of carboxylic acid groups (broad SMARTS) is 4. The second-order valence-corrected chi connectivity index (χ2v) is 5.53. The molecule has 0 heterocycles. The normalized spacial score (nSPS) is 9.21. The second-order valence-electron chi connectivity index (χ2n) is 5.53. The minimum Gasteiger partial charge on any atom is -0.481 e. The minimum absolute atomic E-state index is 0.0506. The van der Waals surface area contributed by atoms with Crippen molar-refractivity contribution in [2.75, 3.05) is 0 Å². The molecule has 164 valence electrons. The van der Waals surface area contributed by atoms with Crippen LogP contribution in [-0.2, 0) is 19.2 Å². The summed E-state index contributed by atoms with van der Waals surface area (Å²) in [6.07, 6.45) is 3.06. The van der Waals surface area contributed by atoms with Gasteiger partial charge in [0.05, 0.1) is 5.41 Å². The van der Waals surface area contributed by atoms with Crippen molar-refractivity contribution in [3.05, 3.63) is 26.3 Å². The van der Waals surface area contributed by atoms with E-state index in [0.29, 0.717) is 38.5 Å². The van der Waals surface area contributed by atoms with E-state index >= 15 is 0 Å². The zero-order chi connectivity index (χ0) is 23.2. The highest BCUT2D eigenvalue weighted by atomic mass is 16.4. The van der Waals surface area contributed by atoms with Gasteiger partial charge in [0.25, 0.3) is 0 Å². The van der Waals surface area contributed by atoms with E-state index in [-0.39, 0.29) is 19.3 Å². The van der Waals surface area contributed by atoms with Crippen LogP contribution in [0.2, 0.25) is 0 Å². The lowest BCUT2D eigenvalue weighted by molar-refractivity contribution is -0.150. The van der Waals surface area contributed by atoms with E-state index in [0.717, 1.165) is 0 Å². The van der Waals surface area contributed by atoms with Crippen LogP contribution in [0.15, 0.2) is 26.3 Å². The van der Waals surface area contributed by atoms with Gasteiger partial charge in [-0.3, -0.25) is 19.2 Å². The predicted molar refractivity (Wildman–Crippen MR) is 108 cm³/mol. The van der Waals surface area contributed by atoms with Crippen LogP contribution in [0.3, 0.4) is 0 Å². The van der Waals surface area contributed by atoms with Gasteiger partial charge in [0, 0.05) is 19.3 Å². The van der Waals surface area contributed by atoms with Crippen molar-refractivity contribution in [3.8, 4) is 0 Å². The molecular weight excluding hydrogens is 368 g/mol. The Morgan fingerprint density at radius 3 is 1.14 bits per heavy atom. The maximum atomic E-state index is 11.0. The topological polar surface area (TPSA) is 149 Å². The summed E-state index contributed by atoms with van der Waals surface area (Å²) in [6.45, 7) is 15.7. The summed E-state index contributed by atoms with van der Waals surface area (Å²) < 4.78 is 0. The van der Waals surface area contributed by atoms with Crippen LogP contribution in [0.1, 0.15) is 71.6 Å². The van der Waals surface area contributed by atoms with Gasteiger partial charge in [0.15, 0.2) is 0 Å². The fourth-order valence-electron chi connectivity index (χ4n) is 2.14. The molecule has 0 aliphatic heterocycles. The summed E-state index contributed by atoms with van der Waals surface area (Å²) in [7, 11) is 0. The van der Waals surface area contributed by atoms with Gasteiger partial charge in [-0.1, -0.05) is 13.8 Å². The molecule has 8 heteroatoms. The van der Waals surface area contributed by atoms with Crippen LogP contribution in [0.4, 0.5) is 0 Å². The Labute approximate surface area is 167 Å². The molecule has 4 N–H and O–H groups in total. The molecule has 0 unspecified atom stereocenters. The molecule has 0 fully saturated rings. The molecule has 0 saturated carbocycles. The Bertz CT molecular complexity index is 423. The maximum Gasteiger partial charge on any atom is 0.309 e. The largest absolute Gasteiger partial charge is 0.481 e. The third-order valence-corrected chi connectivity index (χ3v) is 3.88. The van der Waals surface area contributed by atoms with Crippen molar-refractivity contribution in [1.82, 2.24) is 0 Å². The highest BCUT2D eigenvalue weighted by Crippen LogP contribution is 2.32. The van der Waals surface area contributed by atoms with Crippen LogP contribution >= 0.6 is 0 Å². The van der Waals surface area contributed by atoms with Gasteiger partial charge in [0.1, 0.15) is 0 Å². The molecule has 0 radical (unpaired) electrons. The molecule has 28 heavy (non-hydrogen) atoms. The predicted octanol–water partition coefficient (Wildman–Crippen LogP) is 4.45. The molecule has 0 saturated heterocycles. The Hall–Kier alpha value is -2.64. The first kappa shape index (κ1) is 33.0. The van der Waals surface area contributed by atoms with E-state index in [1.165, 1.54) is 0 Å². The van der Waals surface area contributed by atoms with Gasteiger partial charge < -0.3 is 20.4 Å². The Morgan fingerprint density at radius 2 is 0.929 bits per heavy atom. The van der Waals surface area contributed by atoms with Crippen molar-refractivity contribution in [2.24, 2.45) is 5.41 Å². The van der Waals surface area contributed by atoms with Crippen LogP contribution in [0.5, 0.6) is 0 Å². The molecule has 0 aromatic heterocycles. The molecule has 0 aliphatic carbocycles. The summed E-state index contributed by atoms with van der Waals surface area (Å²) >= 11 is 0. The van der Waals surface area contributed by atoms with Gasteiger partial charge in [-0.2, -0.15) is 0 Å². The fourth-order valence-corrected chi connectivity index (χ4v) is 2.14. The van der Waals surface area contributed by atoms with Crippen molar-refractivity contribution < 1.29 is 39.6 Å². The highest BCUT2D eigenvalue weighted by Gasteiger charge is 2.34. The standard InChI is InChI=1S/C10H18O4.C6H10O4.2C2H4/c1-3-10(4-2,9(13)14)7-5-6-8(11)12;7-5(8)3-1-2-4-6(9)10;2*1-2/h3-7H2,1-2H3,(H,11,12)(H,13,14);1-4H2,(H,7,8)(H,9,10);2*1-2H2. The first-order chi connectivity index (χ1) is 13.1. The van der Waals surface area contributed by atoms with Crippen LogP contribution in [-0.4, -0.2) is 44.3 Å². The molecule has 0 aromatic carbocycles. The summed E-state index contributed by atoms with van der Waals surface area (Å²) in [5, 5.41) is 33.8. The third kappa shape index (κ3) is 21.4. The summed E-state index contributed by atoms with van der Waals surface area (Å²) in [5.41, 5.74) is -0.727. The van der Waals surface area contributed by atoms with Crippen molar-refractivity contribution in [1.29, 1.82) is 0 Å². The fraction of sp³-hybridized carbons (Fsp3) is 0.600. The van der Waals surface area contributed by atoms with E-state index in [9.17, 15) is 19.2 Å². The number of carbonyl (C=O) groups is 4. The van der Waals surface area contributed by atoms with Crippen molar-refractivity contribution in [3.63, 3.8) is 0 Å². The van der Waals surface area contributed by atoms with E-state index in [2.05, 4.69) is 26.3 Å². The summed E-state index contributed by atoms with van der Waals surface area (Å²) in [5.74, 6) is -3.42. The number of aliphatic carboxylic acids is 4. The average Bonchev–Trinajstić information content (AvgIpc) is 2.66. The summed E-state index contributed by atoms with van der Waals surface area (Å²) in [6, 6.07) is 0. The van der Waals surface area contributed by atoms with Crippen LogP contribution in [0, 0.1) is 5.41 Å². The van der Waals surface area contributed by atoms with E-state index in [4.69, 9.17) is 20.4 Å². The van der Waals surface area contributed by atoms with E-state index in [1.54, 1.807) is 0 Å². The van der Waals surface area contributed by atoms with Crippen LogP contribution < -0.4 is 0 Å². The highest BCUT2D eigenvalue weighted by molar-refractivity contribution is 5.74. The number of unbranched alkanes of at least 4 members (excludes halogenated alkanes) is 1. The lowest BCUT2D eigenvalue weighted by Crippen LogP contribution is -2.29.